The minimum absolute atomic E-state index is 0.0611. The molecular weight excluding hydrogens is 284 g/mol. The molecule has 1 fully saturated rings. The molecule has 0 atom stereocenters. The van der Waals surface area contributed by atoms with Gasteiger partial charge < -0.3 is 9.47 Å². The highest BCUT2D eigenvalue weighted by molar-refractivity contribution is 5.68. The lowest BCUT2D eigenvalue weighted by Crippen LogP contribution is -2.31. The van der Waals surface area contributed by atoms with Gasteiger partial charge in [-0.15, -0.1) is 0 Å². The number of hydrogen-bond acceptors (Lipinski definition) is 4. The quantitative estimate of drug-likeness (QED) is 0.621. The van der Waals surface area contributed by atoms with Crippen molar-refractivity contribution in [1.82, 2.24) is 0 Å². The van der Waals surface area contributed by atoms with Crippen molar-refractivity contribution in [2.45, 2.75) is 25.0 Å². The van der Waals surface area contributed by atoms with Gasteiger partial charge in [0.1, 0.15) is 5.82 Å². The van der Waals surface area contributed by atoms with E-state index in [2.05, 4.69) is 0 Å². The number of halogens is 2. The molecule has 2 aliphatic rings. The second-order valence-corrected chi connectivity index (χ2v) is 5.08. The predicted octanol–water partition coefficient (Wildman–Crippen LogP) is 3.18. The van der Waals surface area contributed by atoms with Crippen LogP contribution >= 0.6 is 0 Å². The lowest BCUT2D eigenvalue weighted by Gasteiger charge is -2.30. The van der Waals surface area contributed by atoms with Crippen molar-refractivity contribution in [2.75, 3.05) is 13.2 Å². The lowest BCUT2D eigenvalue weighted by molar-refractivity contribution is -0.387. The third kappa shape index (κ3) is 2.54. The highest BCUT2D eigenvalue weighted by Gasteiger charge is 2.38. The topological polar surface area (TPSA) is 61.6 Å². The van der Waals surface area contributed by atoms with E-state index in [0.717, 1.165) is 6.07 Å². The summed E-state index contributed by atoms with van der Waals surface area (Å²) in [6.07, 6.45) is 3.23. The number of hydrogen-bond donors (Lipinski definition) is 0. The van der Waals surface area contributed by atoms with Crippen molar-refractivity contribution in [3.05, 3.63) is 45.5 Å². The van der Waals surface area contributed by atoms with Gasteiger partial charge in [0.25, 0.3) is 0 Å². The van der Waals surface area contributed by atoms with Crippen molar-refractivity contribution in [3.8, 4) is 0 Å². The summed E-state index contributed by atoms with van der Waals surface area (Å²) < 4.78 is 38.7. The smallest absolute Gasteiger partial charge is 0.307 e. The molecule has 0 bridgehead atoms. The summed E-state index contributed by atoms with van der Waals surface area (Å²) >= 11 is 0. The fourth-order valence-electron chi connectivity index (χ4n) is 2.73. The van der Waals surface area contributed by atoms with Crippen molar-refractivity contribution in [2.24, 2.45) is 0 Å². The number of nitro groups is 1. The molecule has 1 aromatic rings. The predicted molar refractivity (Wildman–Crippen MR) is 69.5 cm³/mol. The van der Waals surface area contributed by atoms with E-state index >= 15 is 0 Å². The van der Waals surface area contributed by atoms with Gasteiger partial charge in [0.2, 0.25) is 5.82 Å². The van der Waals surface area contributed by atoms with Crippen LogP contribution in [-0.2, 0) is 9.47 Å². The summed E-state index contributed by atoms with van der Waals surface area (Å²) in [5, 5.41) is 10.6. The molecule has 1 aromatic carbocycles. The Morgan fingerprint density at radius 3 is 2.48 bits per heavy atom. The van der Waals surface area contributed by atoms with Gasteiger partial charge in [-0.2, -0.15) is 4.39 Å². The fraction of sp³-hybridized carbons (Fsp3) is 0.429. The van der Waals surface area contributed by atoms with Crippen molar-refractivity contribution in [1.29, 1.82) is 0 Å². The Hall–Kier alpha value is -1.86. The fourth-order valence-corrected chi connectivity index (χ4v) is 2.73. The van der Waals surface area contributed by atoms with Crippen molar-refractivity contribution >= 4 is 11.3 Å². The van der Waals surface area contributed by atoms with Crippen LogP contribution in [0.1, 0.15) is 24.8 Å². The number of benzene rings is 1. The van der Waals surface area contributed by atoms with Crippen LogP contribution in [0.4, 0.5) is 14.5 Å². The van der Waals surface area contributed by atoms with Gasteiger partial charge in [-0.1, -0.05) is 6.08 Å². The van der Waals surface area contributed by atoms with E-state index < -0.39 is 28.0 Å². The minimum atomic E-state index is -1.04. The molecule has 0 amide bonds. The van der Waals surface area contributed by atoms with Gasteiger partial charge in [0, 0.05) is 18.4 Å². The molecule has 1 heterocycles. The Morgan fingerprint density at radius 1 is 1.19 bits per heavy atom. The van der Waals surface area contributed by atoms with Gasteiger partial charge in [-0.3, -0.25) is 10.1 Å². The van der Waals surface area contributed by atoms with Crippen molar-refractivity contribution < 1.29 is 23.2 Å². The van der Waals surface area contributed by atoms with Gasteiger partial charge in [0.05, 0.1) is 24.2 Å². The molecule has 0 radical (unpaired) electrons. The van der Waals surface area contributed by atoms with E-state index in [9.17, 15) is 18.9 Å². The maximum atomic E-state index is 14.0. The van der Waals surface area contributed by atoms with E-state index in [1.807, 2.05) is 0 Å². The number of rotatable bonds is 2. The first-order valence-corrected chi connectivity index (χ1v) is 6.61. The molecule has 0 unspecified atom stereocenters. The van der Waals surface area contributed by atoms with E-state index in [-0.39, 0.29) is 5.56 Å². The molecule has 0 N–H and O–H groups in total. The van der Waals surface area contributed by atoms with Crippen molar-refractivity contribution in [3.63, 3.8) is 0 Å². The molecule has 1 aliphatic carbocycles. The molecule has 112 valence electrons. The molecule has 1 saturated heterocycles. The van der Waals surface area contributed by atoms with Gasteiger partial charge in [0.15, 0.2) is 5.79 Å². The van der Waals surface area contributed by atoms with E-state index in [1.165, 1.54) is 0 Å². The molecule has 0 aromatic heterocycles. The van der Waals surface area contributed by atoms with E-state index in [4.69, 9.17) is 9.47 Å². The highest BCUT2D eigenvalue weighted by atomic mass is 19.1. The summed E-state index contributed by atoms with van der Waals surface area (Å²) in [5.74, 6) is -2.47. The second-order valence-electron chi connectivity index (χ2n) is 5.08. The van der Waals surface area contributed by atoms with E-state index in [0.29, 0.717) is 44.1 Å². The zero-order valence-corrected chi connectivity index (χ0v) is 11.1. The maximum absolute atomic E-state index is 14.0. The average molecular weight is 297 g/mol. The van der Waals surface area contributed by atoms with Gasteiger partial charge >= 0.3 is 5.69 Å². The Kier molecular flexibility index (Phi) is 3.46. The first-order valence-electron chi connectivity index (χ1n) is 6.61. The second kappa shape index (κ2) is 5.16. The summed E-state index contributed by atoms with van der Waals surface area (Å²) in [7, 11) is 0. The summed E-state index contributed by atoms with van der Waals surface area (Å²) in [6.45, 7) is 1.06. The number of nitrogens with zero attached hydrogens (tertiary/aromatic N) is 1. The van der Waals surface area contributed by atoms with Crippen LogP contribution in [-0.4, -0.2) is 23.9 Å². The molecule has 7 heteroatoms. The average Bonchev–Trinajstić information content (AvgIpc) is 2.90. The number of allylic oxidation sites excluding steroid dienone is 1. The molecular formula is C14H13F2NO4. The minimum Gasteiger partial charge on any atom is -0.347 e. The zero-order chi connectivity index (χ0) is 15.0. The Balaban J connectivity index is 1.89. The number of ether oxygens (including phenoxy) is 2. The molecule has 1 spiro atoms. The summed E-state index contributed by atoms with van der Waals surface area (Å²) in [6, 6.07) is 1.51. The zero-order valence-electron chi connectivity index (χ0n) is 11.1. The first-order chi connectivity index (χ1) is 10.0. The third-order valence-electron chi connectivity index (χ3n) is 3.83. The van der Waals surface area contributed by atoms with Crippen LogP contribution in [0.5, 0.6) is 0 Å². The normalized spacial score (nSPS) is 20.6. The van der Waals surface area contributed by atoms with E-state index in [1.54, 1.807) is 6.08 Å². The molecule has 3 rings (SSSR count). The third-order valence-corrected chi connectivity index (χ3v) is 3.83. The van der Waals surface area contributed by atoms with Gasteiger partial charge in [-0.25, -0.2) is 4.39 Å². The Labute approximate surface area is 119 Å². The van der Waals surface area contributed by atoms with Crippen LogP contribution in [0.25, 0.3) is 5.57 Å². The highest BCUT2D eigenvalue weighted by Crippen LogP contribution is 2.39. The standard InChI is InChI=1S/C14H13F2NO4/c15-11-8-13(17(18)19)12(16)7-10(11)9-1-3-14(4-2-9)20-5-6-21-14/h1,7-8H,2-6H2. The van der Waals surface area contributed by atoms with Crippen LogP contribution < -0.4 is 0 Å². The largest absolute Gasteiger partial charge is 0.347 e. The molecule has 0 saturated carbocycles. The van der Waals surface area contributed by atoms with Crippen LogP contribution in [0.3, 0.4) is 0 Å². The van der Waals surface area contributed by atoms with Gasteiger partial charge in [-0.05, 0) is 18.1 Å². The number of nitro benzene ring substituents is 1. The summed E-state index contributed by atoms with van der Waals surface area (Å²) in [5.41, 5.74) is -0.177. The maximum Gasteiger partial charge on any atom is 0.307 e. The molecule has 1 aliphatic heterocycles. The lowest BCUT2D eigenvalue weighted by atomic mass is 9.89. The van der Waals surface area contributed by atoms with Crippen LogP contribution in [0.15, 0.2) is 18.2 Å². The molecule has 21 heavy (non-hydrogen) atoms. The molecule has 5 nitrogen and oxygen atoms in total. The first kappa shape index (κ1) is 14.1. The van der Waals surface area contributed by atoms with Crippen LogP contribution in [0.2, 0.25) is 0 Å². The SMILES string of the molecule is O=[N+]([O-])c1cc(F)c(C2=CCC3(CC2)OCCO3)cc1F. The van der Waals surface area contributed by atoms with Crippen LogP contribution in [0, 0.1) is 21.7 Å². The monoisotopic (exact) mass is 297 g/mol. The Morgan fingerprint density at radius 2 is 1.90 bits per heavy atom. The summed E-state index contributed by atoms with van der Waals surface area (Å²) in [4.78, 5) is 9.64. The Bertz CT molecular complexity index is 624.